The van der Waals surface area contributed by atoms with Crippen LogP contribution in [0.25, 0.3) is 6.08 Å². The molecule has 74 valence electrons. The van der Waals surface area contributed by atoms with Gasteiger partial charge in [-0.2, -0.15) is 0 Å². The van der Waals surface area contributed by atoms with Crippen molar-refractivity contribution in [1.29, 1.82) is 0 Å². The molecule has 1 heterocycles. The summed E-state index contributed by atoms with van der Waals surface area (Å²) in [5.41, 5.74) is 2.68. The third kappa shape index (κ3) is 2.60. The van der Waals surface area contributed by atoms with E-state index >= 15 is 0 Å². The van der Waals surface area contributed by atoms with E-state index in [1.54, 1.807) is 0 Å². The molecule has 2 heteroatoms. The second-order valence-electron chi connectivity index (χ2n) is 3.64. The fourth-order valence-electron chi connectivity index (χ4n) is 1.73. The van der Waals surface area contributed by atoms with Crippen molar-refractivity contribution < 1.29 is 0 Å². The number of rotatable bonds is 1. The summed E-state index contributed by atoms with van der Waals surface area (Å²) < 4.78 is 0. The van der Waals surface area contributed by atoms with E-state index in [2.05, 4.69) is 17.5 Å². The van der Waals surface area contributed by atoms with Gasteiger partial charge in [0.2, 0.25) is 0 Å². The maximum atomic E-state index is 5.92. The predicted octanol–water partition coefficient (Wildman–Crippen LogP) is 3.11. The smallest absolute Gasteiger partial charge is 0.0411 e. The average molecular weight is 208 g/mol. The third-order valence-corrected chi connectivity index (χ3v) is 2.66. The summed E-state index contributed by atoms with van der Waals surface area (Å²) >= 11 is 5.92. The molecule has 0 saturated carbocycles. The predicted molar refractivity (Wildman–Crippen MR) is 61.5 cm³/mol. The van der Waals surface area contributed by atoms with Crippen molar-refractivity contribution in [1.82, 2.24) is 5.32 Å². The van der Waals surface area contributed by atoms with Gasteiger partial charge in [-0.1, -0.05) is 35.4 Å². The number of nitrogens with one attached hydrogen (secondary N) is 1. The van der Waals surface area contributed by atoms with Crippen molar-refractivity contribution in [2.75, 3.05) is 13.1 Å². The Labute approximate surface area is 89.8 Å². The van der Waals surface area contributed by atoms with Crippen molar-refractivity contribution in [2.24, 2.45) is 0 Å². The normalized spacial score (nSPS) is 19.9. The summed E-state index contributed by atoms with van der Waals surface area (Å²) in [7, 11) is 0. The summed E-state index contributed by atoms with van der Waals surface area (Å²) in [6, 6.07) is 7.99. The van der Waals surface area contributed by atoms with Crippen LogP contribution in [-0.2, 0) is 0 Å². The van der Waals surface area contributed by atoms with Crippen LogP contribution in [0.1, 0.15) is 18.4 Å². The van der Waals surface area contributed by atoms with Gasteiger partial charge in [-0.15, -0.1) is 0 Å². The molecule has 0 bridgehead atoms. The number of benzene rings is 1. The maximum Gasteiger partial charge on any atom is 0.0411 e. The molecule has 0 aromatic heterocycles. The van der Waals surface area contributed by atoms with Gasteiger partial charge < -0.3 is 5.32 Å². The van der Waals surface area contributed by atoms with E-state index in [1.807, 2.05) is 18.2 Å². The fraction of sp³-hybridized carbons (Fsp3) is 0.333. The van der Waals surface area contributed by atoms with Crippen LogP contribution in [0.3, 0.4) is 0 Å². The van der Waals surface area contributed by atoms with Crippen LogP contribution in [0.5, 0.6) is 0 Å². The molecule has 0 atom stereocenters. The van der Waals surface area contributed by atoms with Crippen molar-refractivity contribution in [3.05, 3.63) is 40.4 Å². The van der Waals surface area contributed by atoms with Gasteiger partial charge in [0.05, 0.1) is 0 Å². The molecule has 1 aromatic carbocycles. The van der Waals surface area contributed by atoms with E-state index in [0.29, 0.717) is 0 Å². The molecule has 0 spiro atoms. The molecule has 1 N–H and O–H groups in total. The minimum atomic E-state index is 0.808. The Balaban J connectivity index is 2.15. The molecule has 0 aliphatic carbocycles. The fourth-order valence-corrected chi connectivity index (χ4v) is 1.93. The Morgan fingerprint density at radius 2 is 2.29 bits per heavy atom. The van der Waals surface area contributed by atoms with Crippen molar-refractivity contribution in [3.8, 4) is 0 Å². The Bertz CT molecular complexity index is 336. The topological polar surface area (TPSA) is 12.0 Å². The van der Waals surface area contributed by atoms with E-state index in [-0.39, 0.29) is 0 Å². The van der Waals surface area contributed by atoms with Crippen LogP contribution in [-0.4, -0.2) is 13.1 Å². The van der Waals surface area contributed by atoms with Crippen LogP contribution in [0.2, 0.25) is 5.02 Å². The summed E-state index contributed by atoms with van der Waals surface area (Å²) in [5.74, 6) is 0. The lowest BCUT2D eigenvalue weighted by atomic mass is 10.0. The van der Waals surface area contributed by atoms with Crippen molar-refractivity contribution in [2.45, 2.75) is 12.8 Å². The molecule has 1 aromatic rings. The second-order valence-corrected chi connectivity index (χ2v) is 4.07. The molecule has 1 aliphatic rings. The zero-order valence-corrected chi connectivity index (χ0v) is 8.85. The Morgan fingerprint density at radius 3 is 3.00 bits per heavy atom. The first-order valence-electron chi connectivity index (χ1n) is 5.00. The zero-order valence-electron chi connectivity index (χ0n) is 8.09. The molecular weight excluding hydrogens is 194 g/mol. The summed E-state index contributed by atoms with van der Waals surface area (Å²) in [5, 5.41) is 4.18. The number of hydrogen-bond acceptors (Lipinski definition) is 1. The molecule has 0 unspecified atom stereocenters. The van der Waals surface area contributed by atoms with E-state index in [4.69, 9.17) is 11.6 Å². The van der Waals surface area contributed by atoms with Gasteiger partial charge in [0, 0.05) is 11.6 Å². The quantitative estimate of drug-likeness (QED) is 0.746. The maximum absolute atomic E-state index is 5.92. The highest BCUT2D eigenvalue weighted by Crippen LogP contribution is 2.16. The van der Waals surface area contributed by atoms with Gasteiger partial charge in [0.1, 0.15) is 0 Å². The summed E-state index contributed by atoms with van der Waals surface area (Å²) in [6.45, 7) is 2.17. The zero-order chi connectivity index (χ0) is 9.80. The summed E-state index contributed by atoms with van der Waals surface area (Å²) in [6.07, 6.45) is 4.68. The molecule has 1 nitrogen and oxygen atoms in total. The number of halogens is 1. The lowest BCUT2D eigenvalue weighted by Gasteiger charge is -2.15. The van der Waals surface area contributed by atoms with E-state index in [9.17, 15) is 0 Å². The van der Waals surface area contributed by atoms with Gasteiger partial charge in [-0.25, -0.2) is 0 Å². The highest BCUT2D eigenvalue weighted by Gasteiger charge is 2.03. The van der Waals surface area contributed by atoms with E-state index in [0.717, 1.165) is 18.1 Å². The molecule has 0 radical (unpaired) electrons. The van der Waals surface area contributed by atoms with E-state index in [1.165, 1.54) is 24.0 Å². The van der Waals surface area contributed by atoms with Crippen LogP contribution in [0.4, 0.5) is 0 Å². The largest absolute Gasteiger partial charge is 0.313 e. The van der Waals surface area contributed by atoms with Crippen LogP contribution < -0.4 is 5.32 Å². The first-order valence-corrected chi connectivity index (χ1v) is 5.38. The molecule has 1 saturated heterocycles. The molecule has 1 fully saturated rings. The molecule has 0 amide bonds. The van der Waals surface area contributed by atoms with Crippen LogP contribution in [0.15, 0.2) is 29.8 Å². The molecular formula is C12H14ClN. The van der Waals surface area contributed by atoms with E-state index < -0.39 is 0 Å². The highest BCUT2D eigenvalue weighted by molar-refractivity contribution is 6.30. The highest BCUT2D eigenvalue weighted by atomic mass is 35.5. The monoisotopic (exact) mass is 207 g/mol. The molecule has 14 heavy (non-hydrogen) atoms. The third-order valence-electron chi connectivity index (χ3n) is 2.42. The second kappa shape index (κ2) is 4.63. The first-order chi connectivity index (χ1) is 6.84. The molecule has 2 rings (SSSR count). The van der Waals surface area contributed by atoms with Gasteiger partial charge in [0.25, 0.3) is 0 Å². The molecule has 1 aliphatic heterocycles. The van der Waals surface area contributed by atoms with Gasteiger partial charge in [-0.3, -0.25) is 0 Å². The Kier molecular flexibility index (Phi) is 3.22. The Morgan fingerprint density at radius 1 is 1.36 bits per heavy atom. The average Bonchev–Trinajstić information content (AvgIpc) is 2.19. The van der Waals surface area contributed by atoms with Crippen molar-refractivity contribution >= 4 is 17.7 Å². The lowest BCUT2D eigenvalue weighted by Crippen LogP contribution is -2.23. The van der Waals surface area contributed by atoms with Gasteiger partial charge in [0.15, 0.2) is 0 Å². The lowest BCUT2D eigenvalue weighted by molar-refractivity contribution is 0.613. The number of piperidine rings is 1. The minimum absolute atomic E-state index is 0.808. The summed E-state index contributed by atoms with van der Waals surface area (Å²) in [4.78, 5) is 0. The van der Waals surface area contributed by atoms with Gasteiger partial charge in [-0.05, 0) is 37.1 Å². The Hall–Kier alpha value is -0.790. The SMILES string of the molecule is Clc1cccc(C=C2CCCNC2)c1. The van der Waals surface area contributed by atoms with Crippen LogP contribution >= 0.6 is 11.6 Å². The number of hydrogen-bond donors (Lipinski definition) is 1. The first kappa shape index (κ1) is 9.75. The van der Waals surface area contributed by atoms with Crippen molar-refractivity contribution in [3.63, 3.8) is 0 Å². The standard InChI is InChI=1S/C12H14ClN/c13-12-5-1-3-10(8-12)7-11-4-2-6-14-9-11/h1,3,5,7-8,14H,2,4,6,9H2. The van der Waals surface area contributed by atoms with Gasteiger partial charge >= 0.3 is 0 Å². The van der Waals surface area contributed by atoms with Crippen LogP contribution in [0, 0.1) is 0 Å². The minimum Gasteiger partial charge on any atom is -0.313 e.